The molecule has 11 nitrogen and oxygen atoms in total. The molecule has 3 rings (SSSR count). The molecule has 0 saturated carbocycles. The van der Waals surface area contributed by atoms with Gasteiger partial charge in [-0.1, -0.05) is 6.92 Å². The minimum atomic E-state index is -1.23. The monoisotopic (exact) mass is 352 g/mol. The first-order valence-corrected chi connectivity index (χ1v) is 7.83. The second kappa shape index (κ2) is 7.37. The number of hydrogen-bond donors (Lipinski definition) is 3. The average molecular weight is 352 g/mol. The summed E-state index contributed by atoms with van der Waals surface area (Å²) in [4.78, 5) is 28.7. The largest absolute Gasteiger partial charge is 0.455 e. The highest BCUT2D eigenvalue weighted by molar-refractivity contribution is 5.70. The van der Waals surface area contributed by atoms with Crippen LogP contribution >= 0.6 is 0 Å². The summed E-state index contributed by atoms with van der Waals surface area (Å²) >= 11 is 0. The van der Waals surface area contributed by atoms with E-state index in [9.17, 15) is 9.90 Å². The number of aliphatic hydroxyl groups excluding tert-OH is 1. The summed E-state index contributed by atoms with van der Waals surface area (Å²) in [6, 6.07) is 0. The Morgan fingerprint density at radius 2 is 2.32 bits per heavy atom. The summed E-state index contributed by atoms with van der Waals surface area (Å²) in [6.45, 7) is 1.85. The summed E-state index contributed by atoms with van der Waals surface area (Å²) in [6.07, 6.45) is -0.0381. The van der Waals surface area contributed by atoms with E-state index in [4.69, 9.17) is 21.1 Å². The molecular formula is C14H20N6O5. The zero-order chi connectivity index (χ0) is 18.0. The van der Waals surface area contributed by atoms with Gasteiger partial charge in [-0.25, -0.2) is 20.8 Å². The molecule has 5 N–H and O–H groups in total. The Labute approximate surface area is 142 Å². The first kappa shape index (κ1) is 17.6. The van der Waals surface area contributed by atoms with Crippen LogP contribution in [-0.2, 0) is 19.1 Å². The fourth-order valence-corrected chi connectivity index (χ4v) is 2.76. The molecule has 1 aliphatic heterocycles. The lowest BCUT2D eigenvalue weighted by molar-refractivity contribution is -0.158. The highest BCUT2D eigenvalue weighted by Gasteiger charge is 2.50. The minimum absolute atomic E-state index is 0.215. The van der Waals surface area contributed by atoms with Gasteiger partial charge in [0.1, 0.15) is 24.1 Å². The number of hydrogen-bond acceptors (Lipinski definition) is 10. The van der Waals surface area contributed by atoms with Gasteiger partial charge in [0.2, 0.25) is 0 Å². The van der Waals surface area contributed by atoms with Crippen molar-refractivity contribution >= 4 is 17.1 Å². The van der Waals surface area contributed by atoms with E-state index in [1.807, 2.05) is 6.92 Å². The molecule has 1 unspecified atom stereocenters. The van der Waals surface area contributed by atoms with E-state index in [1.54, 1.807) is 4.57 Å². The van der Waals surface area contributed by atoms with Crippen molar-refractivity contribution in [2.24, 2.45) is 11.6 Å². The van der Waals surface area contributed by atoms with Crippen molar-refractivity contribution in [2.45, 2.75) is 50.5 Å². The van der Waals surface area contributed by atoms with E-state index in [-0.39, 0.29) is 6.42 Å². The molecule has 1 fully saturated rings. The molecule has 2 aromatic rings. The zero-order valence-electron chi connectivity index (χ0n) is 13.6. The third-order valence-electron chi connectivity index (χ3n) is 3.97. The topological polar surface area (TPSA) is 161 Å². The quantitative estimate of drug-likeness (QED) is 0.333. The van der Waals surface area contributed by atoms with Crippen LogP contribution in [0.3, 0.4) is 0 Å². The Bertz CT molecular complexity index is 739. The van der Waals surface area contributed by atoms with E-state index in [0.717, 1.165) is 0 Å². The molecule has 5 atom stereocenters. The minimum Gasteiger partial charge on any atom is -0.455 e. The van der Waals surface area contributed by atoms with Crippen molar-refractivity contribution in [3.63, 3.8) is 0 Å². The van der Waals surface area contributed by atoms with Gasteiger partial charge in [0, 0.05) is 6.42 Å². The Morgan fingerprint density at radius 3 is 3.04 bits per heavy atom. The van der Waals surface area contributed by atoms with Gasteiger partial charge < -0.3 is 20.3 Å². The van der Waals surface area contributed by atoms with Crippen molar-refractivity contribution in [2.75, 3.05) is 0 Å². The Balaban J connectivity index is 1.94. The Hall–Kier alpha value is -2.18. The van der Waals surface area contributed by atoms with E-state index in [0.29, 0.717) is 17.6 Å². The maximum atomic E-state index is 11.9. The van der Waals surface area contributed by atoms with Gasteiger partial charge >= 0.3 is 5.97 Å². The number of esters is 1. The molecule has 11 heteroatoms. The second-order valence-corrected chi connectivity index (χ2v) is 5.67. The van der Waals surface area contributed by atoms with Crippen molar-refractivity contribution in [1.82, 2.24) is 19.5 Å². The Kier molecular flexibility index (Phi) is 5.20. The van der Waals surface area contributed by atoms with E-state index in [2.05, 4.69) is 19.8 Å². The number of fused-ring (bicyclic) bond motifs is 1. The molecule has 136 valence electrons. The van der Waals surface area contributed by atoms with Crippen LogP contribution in [-0.4, -0.2) is 55.1 Å². The van der Waals surface area contributed by atoms with E-state index >= 15 is 0 Å². The van der Waals surface area contributed by atoms with Crippen LogP contribution in [0.1, 0.15) is 26.0 Å². The van der Waals surface area contributed by atoms with Crippen LogP contribution in [0.5, 0.6) is 0 Å². The number of nitrogens with zero attached hydrogens (tertiary/aromatic N) is 4. The number of rotatable bonds is 6. The highest BCUT2D eigenvalue weighted by atomic mass is 16.7. The summed E-state index contributed by atoms with van der Waals surface area (Å²) in [5, 5.41) is 10.5. The predicted octanol–water partition coefficient (Wildman–Crippen LogP) is -1.03. The lowest BCUT2D eigenvalue weighted by Gasteiger charge is -2.22. The SMILES string of the molecule is CCCC(=O)O[C@@H]1[C@H](O)[C@@H](C(N)ON)O[C@H]1n1cnc2cncnc21. The third kappa shape index (κ3) is 3.32. The van der Waals surface area contributed by atoms with Gasteiger partial charge in [-0.15, -0.1) is 0 Å². The fraction of sp³-hybridized carbons (Fsp3) is 0.571. The number of carbonyl (C=O) groups excluding carboxylic acids is 1. The number of nitrogens with two attached hydrogens (primary N) is 2. The lowest BCUT2D eigenvalue weighted by Crippen LogP contribution is -2.47. The molecule has 0 aromatic carbocycles. The van der Waals surface area contributed by atoms with Gasteiger partial charge in [0.05, 0.1) is 12.5 Å². The normalized spacial score (nSPS) is 27.5. The standard InChI is InChI=1S/C14H20N6O5/c1-2-3-8(21)23-11-9(22)10(12(15)25-16)24-14(11)20-6-19-7-4-17-5-18-13(7)20/h4-6,9-12,14,22H,2-3,15-16H2,1H3/t9-,10+,11-,12?,14-/m1/s1. The fourth-order valence-electron chi connectivity index (χ4n) is 2.76. The molecule has 1 saturated heterocycles. The first-order valence-electron chi connectivity index (χ1n) is 7.83. The Morgan fingerprint density at radius 1 is 1.52 bits per heavy atom. The molecule has 0 aliphatic carbocycles. The molecule has 0 spiro atoms. The van der Waals surface area contributed by atoms with Crippen molar-refractivity contribution in [3.05, 3.63) is 18.9 Å². The molecule has 0 radical (unpaired) electrons. The van der Waals surface area contributed by atoms with Crippen LogP contribution < -0.4 is 11.6 Å². The van der Waals surface area contributed by atoms with Crippen molar-refractivity contribution < 1.29 is 24.2 Å². The van der Waals surface area contributed by atoms with Crippen LogP contribution in [0.4, 0.5) is 0 Å². The number of imidazole rings is 1. The summed E-state index contributed by atoms with van der Waals surface area (Å²) in [5.41, 5.74) is 6.72. The zero-order valence-corrected chi connectivity index (χ0v) is 13.6. The third-order valence-corrected chi connectivity index (χ3v) is 3.97. The summed E-state index contributed by atoms with van der Waals surface area (Å²) < 4.78 is 12.7. The molecule has 25 heavy (non-hydrogen) atoms. The van der Waals surface area contributed by atoms with Crippen LogP contribution in [0.15, 0.2) is 18.9 Å². The van der Waals surface area contributed by atoms with Crippen LogP contribution in [0, 0.1) is 0 Å². The van der Waals surface area contributed by atoms with Gasteiger partial charge in [0.25, 0.3) is 0 Å². The second-order valence-electron chi connectivity index (χ2n) is 5.67. The van der Waals surface area contributed by atoms with Gasteiger partial charge in [0.15, 0.2) is 24.2 Å². The molecule has 3 heterocycles. The van der Waals surface area contributed by atoms with Crippen molar-refractivity contribution in [3.8, 4) is 0 Å². The van der Waals surface area contributed by atoms with Crippen molar-refractivity contribution in [1.29, 1.82) is 0 Å². The molecular weight excluding hydrogens is 332 g/mol. The average Bonchev–Trinajstić information content (AvgIpc) is 3.17. The summed E-state index contributed by atoms with van der Waals surface area (Å²) in [7, 11) is 0. The number of ether oxygens (including phenoxy) is 2. The molecule has 2 aromatic heterocycles. The lowest BCUT2D eigenvalue weighted by atomic mass is 10.1. The first-order chi connectivity index (χ1) is 12.1. The van der Waals surface area contributed by atoms with E-state index < -0.39 is 36.7 Å². The van der Waals surface area contributed by atoms with E-state index in [1.165, 1.54) is 18.9 Å². The van der Waals surface area contributed by atoms with Crippen LogP contribution in [0.2, 0.25) is 0 Å². The number of aromatic nitrogens is 4. The van der Waals surface area contributed by atoms with Gasteiger partial charge in [-0.3, -0.25) is 14.2 Å². The predicted molar refractivity (Wildman–Crippen MR) is 83.3 cm³/mol. The molecule has 1 aliphatic rings. The van der Waals surface area contributed by atoms with Gasteiger partial charge in [-0.05, 0) is 6.42 Å². The number of aliphatic hydroxyl groups is 1. The van der Waals surface area contributed by atoms with Crippen LogP contribution in [0.25, 0.3) is 11.2 Å². The maximum absolute atomic E-state index is 11.9. The number of carbonyl (C=O) groups is 1. The molecule has 0 amide bonds. The smallest absolute Gasteiger partial charge is 0.306 e. The highest BCUT2D eigenvalue weighted by Crippen LogP contribution is 2.34. The summed E-state index contributed by atoms with van der Waals surface area (Å²) in [5.74, 6) is 4.64. The molecule has 0 bridgehead atoms. The maximum Gasteiger partial charge on any atom is 0.306 e. The van der Waals surface area contributed by atoms with Gasteiger partial charge in [-0.2, -0.15) is 0 Å².